The Kier molecular flexibility index (Phi) is 6.18. The first-order valence-corrected chi connectivity index (χ1v) is 9.05. The highest BCUT2D eigenvalue weighted by molar-refractivity contribution is 6.04. The smallest absolute Gasteiger partial charge is 0.270 e. The molecule has 0 unspecified atom stereocenters. The van der Waals surface area contributed by atoms with Gasteiger partial charge >= 0.3 is 0 Å². The Morgan fingerprint density at radius 2 is 2.21 bits per heavy atom. The number of carbonyl (C=O) groups is 2. The van der Waals surface area contributed by atoms with Gasteiger partial charge < -0.3 is 20.4 Å². The fraction of sp³-hybridized carbons (Fsp3) is 0.250. The molecule has 2 aromatic rings. The fourth-order valence-electron chi connectivity index (χ4n) is 2.84. The molecule has 0 bridgehead atoms. The van der Waals surface area contributed by atoms with Gasteiger partial charge in [-0.1, -0.05) is 36.9 Å². The van der Waals surface area contributed by atoms with Crippen molar-refractivity contribution in [2.24, 2.45) is 4.99 Å². The zero-order chi connectivity index (χ0) is 20.8. The number of rotatable bonds is 6. The van der Waals surface area contributed by atoms with Gasteiger partial charge in [-0.2, -0.15) is 0 Å². The highest BCUT2D eigenvalue weighted by Crippen LogP contribution is 2.24. The van der Waals surface area contributed by atoms with E-state index >= 15 is 0 Å². The van der Waals surface area contributed by atoms with Crippen LogP contribution in [0.4, 0.5) is 11.5 Å². The molecule has 3 rings (SSSR count). The SMILES string of the molecule is C=C(/N=C\N(C)Cc1ccccc1)C(=O)N[C@H]1CNc2ncncc2N(C)C1=O. The number of benzene rings is 1. The molecule has 0 aliphatic carbocycles. The summed E-state index contributed by atoms with van der Waals surface area (Å²) in [5.74, 6) is -0.260. The Morgan fingerprint density at radius 3 is 2.97 bits per heavy atom. The standard InChI is InChI=1S/C20H23N7O2/c1-14(24-13-26(2)11-15-7-5-4-6-8-15)19(28)25-16-9-22-18-17(10-21-12-23-18)27(3)20(16)29/h4-8,10,12-13,16H,1,9,11H2,2-3H3,(H,25,28)(H,21,22,23)/b24-13-/t16-/m0/s1. The Morgan fingerprint density at radius 1 is 1.45 bits per heavy atom. The number of aromatic nitrogens is 2. The van der Waals surface area contributed by atoms with Gasteiger partial charge in [0.05, 0.1) is 12.5 Å². The third kappa shape index (κ3) is 4.95. The lowest BCUT2D eigenvalue weighted by Gasteiger charge is -2.20. The first-order chi connectivity index (χ1) is 14.0. The largest absolute Gasteiger partial charge is 0.366 e. The van der Waals surface area contributed by atoms with E-state index in [-0.39, 0.29) is 18.1 Å². The second-order valence-electron chi connectivity index (χ2n) is 6.65. The minimum absolute atomic E-state index is 0.0157. The average Bonchev–Trinajstić information content (AvgIpc) is 2.85. The van der Waals surface area contributed by atoms with Gasteiger partial charge in [-0.3, -0.25) is 9.59 Å². The van der Waals surface area contributed by atoms with Crippen molar-refractivity contribution in [3.63, 3.8) is 0 Å². The minimum atomic E-state index is -0.782. The maximum Gasteiger partial charge on any atom is 0.270 e. The molecular weight excluding hydrogens is 370 g/mol. The van der Waals surface area contributed by atoms with Crippen LogP contribution in [-0.4, -0.2) is 59.7 Å². The van der Waals surface area contributed by atoms with Gasteiger partial charge in [0.1, 0.15) is 23.8 Å². The maximum absolute atomic E-state index is 12.7. The molecule has 0 fully saturated rings. The Hall–Kier alpha value is -3.75. The van der Waals surface area contributed by atoms with Crippen LogP contribution in [0.25, 0.3) is 0 Å². The molecule has 9 nitrogen and oxygen atoms in total. The zero-order valence-corrected chi connectivity index (χ0v) is 16.4. The van der Waals surface area contributed by atoms with Gasteiger partial charge in [-0.15, -0.1) is 0 Å². The summed E-state index contributed by atoms with van der Waals surface area (Å²) >= 11 is 0. The van der Waals surface area contributed by atoms with Crippen molar-refractivity contribution in [1.82, 2.24) is 20.2 Å². The van der Waals surface area contributed by atoms with E-state index in [1.807, 2.05) is 42.3 Å². The second kappa shape index (κ2) is 8.96. The van der Waals surface area contributed by atoms with Crippen LogP contribution >= 0.6 is 0 Å². The summed E-state index contributed by atoms with van der Waals surface area (Å²) in [6.45, 7) is 4.55. The van der Waals surface area contributed by atoms with E-state index in [0.29, 0.717) is 18.1 Å². The fourth-order valence-corrected chi connectivity index (χ4v) is 2.84. The van der Waals surface area contributed by atoms with Crippen LogP contribution in [0.1, 0.15) is 5.56 Å². The van der Waals surface area contributed by atoms with Crippen molar-refractivity contribution < 1.29 is 9.59 Å². The summed E-state index contributed by atoms with van der Waals surface area (Å²) in [5.41, 5.74) is 1.69. The van der Waals surface area contributed by atoms with Crippen LogP contribution in [0.2, 0.25) is 0 Å². The number of anilines is 2. The lowest BCUT2D eigenvalue weighted by Crippen LogP contribution is -2.49. The molecular formula is C20H23N7O2. The van der Waals surface area contributed by atoms with Crippen LogP contribution in [0.3, 0.4) is 0 Å². The molecule has 1 aliphatic heterocycles. The first-order valence-electron chi connectivity index (χ1n) is 9.05. The van der Waals surface area contributed by atoms with E-state index in [4.69, 9.17) is 0 Å². The molecule has 9 heteroatoms. The van der Waals surface area contributed by atoms with Crippen molar-refractivity contribution in [1.29, 1.82) is 0 Å². The number of amides is 2. The molecule has 2 amide bonds. The maximum atomic E-state index is 12.7. The second-order valence-corrected chi connectivity index (χ2v) is 6.65. The summed E-state index contributed by atoms with van der Waals surface area (Å²) in [6, 6.07) is 9.12. The molecule has 0 spiro atoms. The predicted molar refractivity (Wildman–Crippen MR) is 111 cm³/mol. The molecule has 0 radical (unpaired) electrons. The molecule has 2 N–H and O–H groups in total. The van der Waals surface area contributed by atoms with Gasteiger partial charge in [0.15, 0.2) is 5.82 Å². The van der Waals surface area contributed by atoms with Crippen molar-refractivity contribution in [2.75, 3.05) is 30.9 Å². The number of nitrogens with zero attached hydrogens (tertiary/aromatic N) is 5. The third-order valence-corrected chi connectivity index (χ3v) is 4.41. The van der Waals surface area contributed by atoms with Crippen LogP contribution < -0.4 is 15.5 Å². The molecule has 1 aromatic carbocycles. The first kappa shape index (κ1) is 20.0. The number of nitrogens with one attached hydrogen (secondary N) is 2. The summed E-state index contributed by atoms with van der Waals surface area (Å²) in [5, 5.41) is 5.73. The van der Waals surface area contributed by atoms with E-state index < -0.39 is 11.9 Å². The van der Waals surface area contributed by atoms with Crippen LogP contribution in [0.15, 0.2) is 60.1 Å². The van der Waals surface area contributed by atoms with Gasteiger partial charge in [0, 0.05) is 27.2 Å². The monoisotopic (exact) mass is 393 g/mol. The molecule has 0 saturated heterocycles. The summed E-state index contributed by atoms with van der Waals surface area (Å²) < 4.78 is 0. The molecule has 1 aliphatic rings. The van der Waals surface area contributed by atoms with E-state index in [1.165, 1.54) is 11.2 Å². The van der Waals surface area contributed by atoms with Gasteiger partial charge in [0.2, 0.25) is 0 Å². The van der Waals surface area contributed by atoms with Crippen LogP contribution in [0.5, 0.6) is 0 Å². The number of hydrogen-bond acceptors (Lipinski definition) is 6. The van der Waals surface area contributed by atoms with Crippen LogP contribution in [-0.2, 0) is 16.1 Å². The Labute approximate surface area is 169 Å². The minimum Gasteiger partial charge on any atom is -0.366 e. The lowest BCUT2D eigenvalue weighted by atomic mass is 10.2. The quantitative estimate of drug-likeness (QED) is 0.432. The molecule has 1 aromatic heterocycles. The highest BCUT2D eigenvalue weighted by atomic mass is 16.2. The molecule has 1 atom stereocenters. The Balaban J connectivity index is 1.58. The number of fused-ring (bicyclic) bond motifs is 1. The summed E-state index contributed by atoms with van der Waals surface area (Å²) in [7, 11) is 3.47. The van der Waals surface area contributed by atoms with E-state index in [2.05, 4.69) is 32.2 Å². The van der Waals surface area contributed by atoms with Gasteiger partial charge in [0.25, 0.3) is 11.8 Å². The number of hydrogen-bond donors (Lipinski definition) is 2. The Bertz CT molecular complexity index is 929. The van der Waals surface area contributed by atoms with Crippen molar-refractivity contribution in [3.05, 3.63) is 60.7 Å². The highest BCUT2D eigenvalue weighted by Gasteiger charge is 2.30. The normalized spacial score (nSPS) is 16.0. The van der Waals surface area contributed by atoms with Gasteiger partial charge in [-0.05, 0) is 5.56 Å². The number of aliphatic imine (C=N–C) groups is 1. The molecule has 29 heavy (non-hydrogen) atoms. The summed E-state index contributed by atoms with van der Waals surface area (Å²) in [4.78, 5) is 40.6. The summed E-state index contributed by atoms with van der Waals surface area (Å²) in [6.07, 6.45) is 4.48. The third-order valence-electron chi connectivity index (χ3n) is 4.41. The predicted octanol–water partition coefficient (Wildman–Crippen LogP) is 1.02. The van der Waals surface area contributed by atoms with Crippen molar-refractivity contribution >= 4 is 29.7 Å². The molecule has 150 valence electrons. The lowest BCUT2D eigenvalue weighted by molar-refractivity contribution is -0.125. The van der Waals surface area contributed by atoms with Crippen LogP contribution in [0, 0.1) is 0 Å². The number of likely N-dealkylation sites (N-methyl/N-ethyl adjacent to an activating group) is 1. The van der Waals surface area contributed by atoms with E-state index in [1.54, 1.807) is 19.6 Å². The molecule has 0 saturated carbocycles. The van der Waals surface area contributed by atoms with E-state index in [0.717, 1.165) is 5.56 Å². The van der Waals surface area contributed by atoms with Crippen molar-refractivity contribution in [2.45, 2.75) is 12.6 Å². The number of carbonyl (C=O) groups excluding carboxylic acids is 2. The average molecular weight is 393 g/mol. The molecule has 2 heterocycles. The van der Waals surface area contributed by atoms with E-state index in [9.17, 15) is 9.59 Å². The van der Waals surface area contributed by atoms with Gasteiger partial charge in [-0.25, -0.2) is 15.0 Å². The topological polar surface area (TPSA) is 103 Å². The zero-order valence-electron chi connectivity index (χ0n) is 16.4. The van der Waals surface area contributed by atoms with Crippen molar-refractivity contribution in [3.8, 4) is 0 Å².